The lowest BCUT2D eigenvalue weighted by molar-refractivity contribution is -0.154. The molecule has 0 radical (unpaired) electrons. The van der Waals surface area contributed by atoms with E-state index in [1.807, 2.05) is 13.8 Å². The van der Waals surface area contributed by atoms with Gasteiger partial charge >= 0.3 is 11.9 Å². The molecule has 0 aliphatic carbocycles. The molecule has 17 heavy (non-hydrogen) atoms. The second-order valence-corrected chi connectivity index (χ2v) is 4.15. The molecule has 0 aromatic rings. The predicted octanol–water partition coefficient (Wildman–Crippen LogP) is 0.912. The Morgan fingerprint density at radius 1 is 1.24 bits per heavy atom. The van der Waals surface area contributed by atoms with E-state index in [4.69, 9.17) is 4.74 Å². The fraction of sp³-hybridized carbons (Fsp3) is 0.667. The summed E-state index contributed by atoms with van der Waals surface area (Å²) in [5, 5.41) is 9.37. The molecule has 0 aliphatic rings. The summed E-state index contributed by atoms with van der Waals surface area (Å²) in [5.74, 6) is -1.03. The standard InChI is InChI=1S/C12H20O5/c1-5-11(14)16-6-10(13)7-17-12(15)9(4)8(2)3/h5,8-10,13H,1,6-7H2,2-4H3. The van der Waals surface area contributed by atoms with Crippen LogP contribution < -0.4 is 0 Å². The zero-order valence-corrected chi connectivity index (χ0v) is 10.5. The summed E-state index contributed by atoms with van der Waals surface area (Å²) in [7, 11) is 0. The number of aliphatic hydroxyl groups excluding tert-OH is 1. The second kappa shape index (κ2) is 7.84. The Kier molecular flexibility index (Phi) is 7.21. The number of rotatable bonds is 7. The minimum absolute atomic E-state index is 0.179. The first kappa shape index (κ1) is 15.6. The van der Waals surface area contributed by atoms with Gasteiger partial charge in [-0.2, -0.15) is 0 Å². The highest BCUT2D eigenvalue weighted by Gasteiger charge is 2.19. The lowest BCUT2D eigenvalue weighted by atomic mass is 9.99. The van der Waals surface area contributed by atoms with Crippen LogP contribution in [0.1, 0.15) is 20.8 Å². The third kappa shape index (κ3) is 6.73. The van der Waals surface area contributed by atoms with E-state index in [0.717, 1.165) is 6.08 Å². The largest absolute Gasteiger partial charge is 0.463 e. The molecule has 2 atom stereocenters. The van der Waals surface area contributed by atoms with Crippen LogP contribution in [0.5, 0.6) is 0 Å². The van der Waals surface area contributed by atoms with Crippen molar-refractivity contribution in [1.29, 1.82) is 0 Å². The third-order valence-electron chi connectivity index (χ3n) is 2.37. The Labute approximate surface area is 101 Å². The third-order valence-corrected chi connectivity index (χ3v) is 2.37. The molecule has 98 valence electrons. The fourth-order valence-electron chi connectivity index (χ4n) is 0.867. The average Bonchev–Trinajstić information content (AvgIpc) is 2.31. The first-order valence-electron chi connectivity index (χ1n) is 5.52. The maximum absolute atomic E-state index is 11.4. The molecular formula is C12H20O5. The van der Waals surface area contributed by atoms with Crippen LogP contribution in [0.15, 0.2) is 12.7 Å². The second-order valence-electron chi connectivity index (χ2n) is 4.15. The molecule has 1 N–H and O–H groups in total. The number of carbonyl (C=O) groups is 2. The molecule has 0 saturated carbocycles. The summed E-state index contributed by atoms with van der Waals surface area (Å²) in [6.07, 6.45) is -0.0123. The van der Waals surface area contributed by atoms with Crippen LogP contribution in [0, 0.1) is 11.8 Å². The molecule has 0 saturated heterocycles. The molecule has 0 spiro atoms. The molecule has 0 aliphatic heterocycles. The van der Waals surface area contributed by atoms with Crippen LogP contribution in [0.4, 0.5) is 0 Å². The SMILES string of the molecule is C=CC(=O)OCC(O)COC(=O)C(C)C(C)C. The average molecular weight is 244 g/mol. The highest BCUT2D eigenvalue weighted by molar-refractivity contribution is 5.81. The van der Waals surface area contributed by atoms with E-state index in [9.17, 15) is 14.7 Å². The Balaban J connectivity index is 3.84. The molecule has 0 amide bonds. The molecule has 0 aromatic carbocycles. The van der Waals surface area contributed by atoms with Crippen LogP contribution in [-0.2, 0) is 19.1 Å². The highest BCUT2D eigenvalue weighted by atomic mass is 16.6. The van der Waals surface area contributed by atoms with Crippen LogP contribution in [0.3, 0.4) is 0 Å². The van der Waals surface area contributed by atoms with E-state index in [-0.39, 0.29) is 31.0 Å². The Hall–Kier alpha value is -1.36. The molecule has 0 heterocycles. The van der Waals surface area contributed by atoms with Gasteiger partial charge in [0.2, 0.25) is 0 Å². The molecule has 2 unspecified atom stereocenters. The van der Waals surface area contributed by atoms with Crippen molar-refractivity contribution in [3.63, 3.8) is 0 Å². The van der Waals surface area contributed by atoms with E-state index in [2.05, 4.69) is 11.3 Å². The first-order chi connectivity index (χ1) is 7.88. The van der Waals surface area contributed by atoms with Crippen molar-refractivity contribution in [1.82, 2.24) is 0 Å². The molecule has 5 heteroatoms. The van der Waals surface area contributed by atoms with Gasteiger partial charge in [-0.15, -0.1) is 0 Å². The zero-order valence-electron chi connectivity index (χ0n) is 10.5. The Morgan fingerprint density at radius 3 is 2.24 bits per heavy atom. The summed E-state index contributed by atoms with van der Waals surface area (Å²) >= 11 is 0. The van der Waals surface area contributed by atoms with Crippen LogP contribution in [0.2, 0.25) is 0 Å². The van der Waals surface area contributed by atoms with Gasteiger partial charge in [-0.1, -0.05) is 27.4 Å². The van der Waals surface area contributed by atoms with Gasteiger partial charge in [0.1, 0.15) is 19.3 Å². The van der Waals surface area contributed by atoms with Gasteiger partial charge in [0, 0.05) is 6.08 Å². The quantitative estimate of drug-likeness (QED) is 0.532. The summed E-state index contributed by atoms with van der Waals surface area (Å²) in [5.41, 5.74) is 0. The molecule has 0 bridgehead atoms. The lowest BCUT2D eigenvalue weighted by Crippen LogP contribution is -2.28. The molecule has 0 rings (SSSR count). The number of hydrogen-bond donors (Lipinski definition) is 1. The van der Waals surface area contributed by atoms with Gasteiger partial charge in [-0.05, 0) is 5.92 Å². The molecule has 0 aromatic heterocycles. The summed E-state index contributed by atoms with van der Waals surface area (Å²) < 4.78 is 9.48. The van der Waals surface area contributed by atoms with Crippen molar-refractivity contribution < 1.29 is 24.2 Å². The van der Waals surface area contributed by atoms with E-state index >= 15 is 0 Å². The van der Waals surface area contributed by atoms with Crippen molar-refractivity contribution in [2.75, 3.05) is 13.2 Å². The minimum Gasteiger partial charge on any atom is -0.463 e. The number of hydrogen-bond acceptors (Lipinski definition) is 5. The Bertz CT molecular complexity index is 272. The van der Waals surface area contributed by atoms with Gasteiger partial charge in [0.25, 0.3) is 0 Å². The monoisotopic (exact) mass is 244 g/mol. The Morgan fingerprint density at radius 2 is 1.76 bits per heavy atom. The smallest absolute Gasteiger partial charge is 0.330 e. The molecule has 5 nitrogen and oxygen atoms in total. The fourth-order valence-corrected chi connectivity index (χ4v) is 0.867. The van der Waals surface area contributed by atoms with Crippen LogP contribution in [0.25, 0.3) is 0 Å². The maximum atomic E-state index is 11.4. The van der Waals surface area contributed by atoms with E-state index in [0.29, 0.717) is 0 Å². The highest BCUT2D eigenvalue weighted by Crippen LogP contribution is 2.11. The normalized spacial score (nSPS) is 13.9. The first-order valence-corrected chi connectivity index (χ1v) is 5.52. The van der Waals surface area contributed by atoms with Gasteiger partial charge in [-0.25, -0.2) is 4.79 Å². The lowest BCUT2D eigenvalue weighted by Gasteiger charge is -2.16. The predicted molar refractivity (Wildman–Crippen MR) is 62.1 cm³/mol. The summed E-state index contributed by atoms with van der Waals surface area (Å²) in [4.78, 5) is 22.1. The molecule has 0 fully saturated rings. The van der Waals surface area contributed by atoms with E-state index in [1.54, 1.807) is 6.92 Å². The van der Waals surface area contributed by atoms with Gasteiger partial charge in [0.15, 0.2) is 0 Å². The van der Waals surface area contributed by atoms with Crippen molar-refractivity contribution in [3.05, 3.63) is 12.7 Å². The maximum Gasteiger partial charge on any atom is 0.330 e. The van der Waals surface area contributed by atoms with Crippen molar-refractivity contribution in [3.8, 4) is 0 Å². The van der Waals surface area contributed by atoms with Crippen LogP contribution in [-0.4, -0.2) is 36.4 Å². The summed E-state index contributed by atoms with van der Waals surface area (Å²) in [6.45, 7) is 8.40. The van der Waals surface area contributed by atoms with Crippen LogP contribution >= 0.6 is 0 Å². The topological polar surface area (TPSA) is 72.8 Å². The van der Waals surface area contributed by atoms with Gasteiger partial charge < -0.3 is 14.6 Å². The molecular weight excluding hydrogens is 224 g/mol. The van der Waals surface area contributed by atoms with Gasteiger partial charge in [0.05, 0.1) is 5.92 Å². The van der Waals surface area contributed by atoms with Crippen molar-refractivity contribution in [2.45, 2.75) is 26.9 Å². The number of esters is 2. The van der Waals surface area contributed by atoms with Gasteiger partial charge in [-0.3, -0.25) is 4.79 Å². The van der Waals surface area contributed by atoms with Crippen molar-refractivity contribution >= 4 is 11.9 Å². The zero-order chi connectivity index (χ0) is 13.4. The minimum atomic E-state index is -1.01. The number of ether oxygens (including phenoxy) is 2. The number of carbonyl (C=O) groups excluding carboxylic acids is 2. The van der Waals surface area contributed by atoms with E-state index < -0.39 is 12.1 Å². The van der Waals surface area contributed by atoms with Crippen molar-refractivity contribution in [2.24, 2.45) is 11.8 Å². The summed E-state index contributed by atoms with van der Waals surface area (Å²) in [6, 6.07) is 0. The van der Waals surface area contributed by atoms with E-state index in [1.165, 1.54) is 0 Å². The number of aliphatic hydroxyl groups is 1.